The Morgan fingerprint density at radius 2 is 2.00 bits per heavy atom. The minimum atomic E-state index is -5.45. The van der Waals surface area contributed by atoms with Crippen LogP contribution in [0.1, 0.15) is 41.0 Å². The molecule has 1 unspecified atom stereocenters. The molecular weight excluding hydrogens is 467 g/mol. The fourth-order valence-electron chi connectivity index (χ4n) is 4.95. The number of rotatable bonds is 8. The van der Waals surface area contributed by atoms with Gasteiger partial charge >= 0.3 is 15.5 Å². The molecule has 4 rings (SSSR count). The van der Waals surface area contributed by atoms with Crippen molar-refractivity contribution in [2.24, 2.45) is 0 Å². The monoisotopic (exact) mass is 497 g/mol. The number of methoxy groups -OCH3 is 1. The summed E-state index contributed by atoms with van der Waals surface area (Å²) in [5.74, 6) is 1.38. The SMILES string of the molecule is COc1cccc2c1CCCC2CN(C)CCc1ccc2c(c1)N(NS(=O)(=O)C(F)(F)F)CC2. The lowest BCUT2D eigenvalue weighted by Crippen LogP contribution is -2.47. The number of fused-ring (bicyclic) bond motifs is 2. The van der Waals surface area contributed by atoms with E-state index in [0.717, 1.165) is 54.2 Å². The minimum Gasteiger partial charge on any atom is -0.496 e. The van der Waals surface area contributed by atoms with Crippen molar-refractivity contribution in [3.8, 4) is 5.75 Å². The van der Waals surface area contributed by atoms with Crippen LogP contribution in [0.25, 0.3) is 0 Å². The highest BCUT2D eigenvalue weighted by atomic mass is 32.2. The molecule has 0 radical (unpaired) electrons. The Hall–Kier alpha value is -2.30. The molecule has 1 atom stereocenters. The van der Waals surface area contributed by atoms with Crippen LogP contribution in [0.3, 0.4) is 0 Å². The van der Waals surface area contributed by atoms with Crippen LogP contribution in [0.2, 0.25) is 0 Å². The van der Waals surface area contributed by atoms with E-state index in [1.165, 1.54) is 11.1 Å². The van der Waals surface area contributed by atoms with Crippen LogP contribution in [0, 0.1) is 0 Å². The third kappa shape index (κ3) is 5.18. The zero-order valence-corrected chi connectivity index (χ0v) is 20.2. The van der Waals surface area contributed by atoms with E-state index in [1.54, 1.807) is 18.0 Å². The van der Waals surface area contributed by atoms with Crippen LogP contribution in [-0.4, -0.2) is 52.6 Å². The molecule has 0 saturated carbocycles. The van der Waals surface area contributed by atoms with Crippen LogP contribution in [0.15, 0.2) is 36.4 Å². The van der Waals surface area contributed by atoms with Crippen molar-refractivity contribution in [2.45, 2.75) is 43.5 Å². The molecule has 1 aliphatic heterocycles. The van der Waals surface area contributed by atoms with Crippen LogP contribution in [-0.2, 0) is 29.3 Å². The average Bonchev–Trinajstić information content (AvgIpc) is 3.18. The summed E-state index contributed by atoms with van der Waals surface area (Å²) in [4.78, 5) is 3.95. The molecule has 0 amide bonds. The lowest BCUT2D eigenvalue weighted by Gasteiger charge is -2.30. The van der Waals surface area contributed by atoms with Gasteiger partial charge in [0.2, 0.25) is 0 Å². The number of nitrogens with zero attached hydrogens (tertiary/aromatic N) is 2. The number of sulfonamides is 1. The minimum absolute atomic E-state index is 0.165. The summed E-state index contributed by atoms with van der Waals surface area (Å²) >= 11 is 0. The molecule has 2 aromatic rings. The number of nitrogens with one attached hydrogen (secondary N) is 1. The molecule has 186 valence electrons. The molecule has 0 bridgehead atoms. The van der Waals surface area contributed by atoms with Crippen molar-refractivity contribution in [1.82, 2.24) is 9.73 Å². The van der Waals surface area contributed by atoms with Gasteiger partial charge in [0.1, 0.15) is 5.75 Å². The van der Waals surface area contributed by atoms with Crippen molar-refractivity contribution >= 4 is 15.7 Å². The van der Waals surface area contributed by atoms with Crippen LogP contribution in [0.5, 0.6) is 5.75 Å². The maximum Gasteiger partial charge on any atom is 0.513 e. The molecule has 6 nitrogen and oxygen atoms in total. The van der Waals surface area contributed by atoms with Crippen LogP contribution < -0.4 is 14.6 Å². The first-order valence-electron chi connectivity index (χ1n) is 11.4. The molecule has 2 aliphatic rings. The highest BCUT2D eigenvalue weighted by Crippen LogP contribution is 2.37. The van der Waals surface area contributed by atoms with Gasteiger partial charge in [-0.3, -0.25) is 5.01 Å². The van der Waals surface area contributed by atoms with Crippen LogP contribution in [0.4, 0.5) is 18.9 Å². The number of hydrogen-bond donors (Lipinski definition) is 1. The summed E-state index contributed by atoms with van der Waals surface area (Å²) in [5, 5.41) is 1.08. The summed E-state index contributed by atoms with van der Waals surface area (Å²) in [6.45, 7) is 1.85. The third-order valence-corrected chi connectivity index (χ3v) is 7.77. The first kappa shape index (κ1) is 24.8. The van der Waals surface area contributed by atoms with Crippen molar-refractivity contribution in [3.63, 3.8) is 0 Å². The highest BCUT2D eigenvalue weighted by molar-refractivity contribution is 7.90. The molecule has 0 aromatic heterocycles. The predicted molar refractivity (Wildman–Crippen MR) is 125 cm³/mol. The standard InChI is InChI=1S/C24H30F3N3O3S/c1-29(16-19-5-3-7-21-20(19)6-4-8-23(21)33-2)13-11-17-9-10-18-12-14-30(22(18)15-17)28-34(31,32)24(25,26)27/h4,6,8-10,15,19,28H,3,5,7,11-14,16H2,1-2H3. The van der Waals surface area contributed by atoms with Gasteiger partial charge in [0, 0.05) is 19.6 Å². The van der Waals surface area contributed by atoms with Crippen molar-refractivity contribution in [3.05, 3.63) is 58.7 Å². The Morgan fingerprint density at radius 3 is 2.74 bits per heavy atom. The number of anilines is 1. The predicted octanol–water partition coefficient (Wildman–Crippen LogP) is 4.01. The summed E-state index contributed by atoms with van der Waals surface area (Å²) < 4.78 is 67.0. The summed E-state index contributed by atoms with van der Waals surface area (Å²) in [7, 11) is -1.67. The fourth-order valence-corrected chi connectivity index (χ4v) is 5.54. The number of ether oxygens (including phenoxy) is 1. The van der Waals surface area contributed by atoms with Crippen molar-refractivity contribution in [1.29, 1.82) is 0 Å². The Morgan fingerprint density at radius 1 is 1.21 bits per heavy atom. The first-order chi connectivity index (χ1) is 16.1. The highest BCUT2D eigenvalue weighted by Gasteiger charge is 2.47. The van der Waals surface area contributed by atoms with E-state index in [-0.39, 0.29) is 6.54 Å². The summed E-state index contributed by atoms with van der Waals surface area (Å²) in [5.41, 5.74) is -0.430. The van der Waals surface area contributed by atoms with Crippen LogP contribution >= 0.6 is 0 Å². The van der Waals surface area contributed by atoms with E-state index in [0.29, 0.717) is 24.4 Å². The van der Waals surface area contributed by atoms with E-state index in [1.807, 2.05) is 24.3 Å². The molecule has 0 fully saturated rings. The van der Waals surface area contributed by atoms with Gasteiger partial charge in [0.25, 0.3) is 0 Å². The topological polar surface area (TPSA) is 61.9 Å². The zero-order valence-electron chi connectivity index (χ0n) is 19.4. The quantitative estimate of drug-likeness (QED) is 0.597. The van der Waals surface area contributed by atoms with E-state index in [9.17, 15) is 21.6 Å². The number of likely N-dealkylation sites (N-methyl/N-ethyl adjacent to an activating group) is 1. The Labute approximate surface area is 198 Å². The lowest BCUT2D eigenvalue weighted by atomic mass is 9.82. The molecular formula is C24H30F3N3O3S. The zero-order chi connectivity index (χ0) is 24.5. The molecule has 1 aliphatic carbocycles. The van der Waals surface area contributed by atoms with Gasteiger partial charge < -0.3 is 9.64 Å². The second-order valence-electron chi connectivity index (χ2n) is 9.03. The van der Waals surface area contributed by atoms with Gasteiger partial charge in [0.15, 0.2) is 0 Å². The third-order valence-electron chi connectivity index (χ3n) is 6.70. The van der Waals surface area contributed by atoms with Crippen molar-refractivity contribution in [2.75, 3.05) is 38.8 Å². The molecule has 10 heteroatoms. The summed E-state index contributed by atoms with van der Waals surface area (Å²) in [6.07, 6.45) is 4.48. The second kappa shape index (κ2) is 9.75. The maximum atomic E-state index is 12.8. The van der Waals surface area contributed by atoms with Gasteiger partial charge in [-0.15, -0.1) is 4.83 Å². The van der Waals surface area contributed by atoms with Gasteiger partial charge in [0.05, 0.1) is 12.8 Å². The number of alkyl halides is 3. The van der Waals surface area contributed by atoms with Crippen molar-refractivity contribution < 1.29 is 26.3 Å². The first-order valence-corrected chi connectivity index (χ1v) is 12.9. The molecule has 2 aromatic carbocycles. The normalized spacial score (nSPS) is 18.2. The fraction of sp³-hybridized carbons (Fsp3) is 0.500. The van der Waals surface area contributed by atoms with E-state index in [2.05, 4.69) is 18.0 Å². The number of hydrogen-bond acceptors (Lipinski definition) is 5. The molecule has 1 heterocycles. The van der Waals surface area contributed by atoms with E-state index in [4.69, 9.17) is 4.74 Å². The number of hydrazine groups is 1. The molecule has 1 N–H and O–H groups in total. The Kier molecular flexibility index (Phi) is 7.12. The van der Waals surface area contributed by atoms with E-state index < -0.39 is 15.5 Å². The average molecular weight is 498 g/mol. The van der Waals surface area contributed by atoms with E-state index >= 15 is 0 Å². The Balaban J connectivity index is 1.39. The molecule has 34 heavy (non-hydrogen) atoms. The Bertz CT molecular complexity index is 1140. The maximum absolute atomic E-state index is 12.8. The van der Waals surface area contributed by atoms with Gasteiger partial charge in [-0.25, -0.2) is 8.42 Å². The number of halogens is 3. The summed E-state index contributed by atoms with van der Waals surface area (Å²) in [6, 6.07) is 11.9. The lowest BCUT2D eigenvalue weighted by molar-refractivity contribution is -0.0448. The smallest absolute Gasteiger partial charge is 0.496 e. The second-order valence-corrected chi connectivity index (χ2v) is 10.7. The van der Waals surface area contributed by atoms with Gasteiger partial charge in [-0.2, -0.15) is 13.2 Å². The molecule has 0 saturated heterocycles. The van der Waals surface area contributed by atoms with Gasteiger partial charge in [-0.05, 0) is 79.5 Å². The number of benzene rings is 2. The molecule has 0 spiro atoms. The van der Waals surface area contributed by atoms with Gasteiger partial charge in [-0.1, -0.05) is 24.3 Å². The largest absolute Gasteiger partial charge is 0.513 e.